The summed E-state index contributed by atoms with van der Waals surface area (Å²) in [5, 5.41) is 2.34. The molecule has 10 heteroatoms. The van der Waals surface area contributed by atoms with Crippen LogP contribution < -0.4 is 15.1 Å². The van der Waals surface area contributed by atoms with Crippen molar-refractivity contribution < 1.29 is 19.1 Å². The molecule has 2 aliphatic rings. The summed E-state index contributed by atoms with van der Waals surface area (Å²) in [4.78, 5) is 45.7. The van der Waals surface area contributed by atoms with Crippen LogP contribution in [0.1, 0.15) is 27.2 Å². The number of ether oxygens (including phenoxy) is 1. The molecule has 4 rings (SSSR count). The number of anilines is 2. The lowest BCUT2D eigenvalue weighted by molar-refractivity contribution is -0.120. The van der Waals surface area contributed by atoms with Crippen LogP contribution in [0.3, 0.4) is 0 Å². The molecule has 0 radical (unpaired) electrons. The van der Waals surface area contributed by atoms with Crippen molar-refractivity contribution >= 4 is 35.2 Å². The molecular weight excluding hydrogens is 388 g/mol. The number of aromatic nitrogens is 2. The van der Waals surface area contributed by atoms with Crippen LogP contribution in [0, 0.1) is 0 Å². The lowest BCUT2D eigenvalue weighted by Crippen LogP contribution is -2.50. The summed E-state index contributed by atoms with van der Waals surface area (Å²) in [6.45, 7) is 8.38. The Kier molecular flexibility index (Phi) is 5.00. The largest absolute Gasteiger partial charge is 0.444 e. The highest BCUT2D eigenvalue weighted by Gasteiger charge is 2.28. The number of piperazine rings is 1. The number of hydrogen-bond acceptors (Lipinski definition) is 6. The fourth-order valence-electron chi connectivity index (χ4n) is 3.60. The SMILES string of the molecule is CC(C)(C)OC(=O)N1CCN(c2ccc3ncc(N4CCC(=O)NC4=O)n3c2)CC1. The van der Waals surface area contributed by atoms with E-state index in [2.05, 4.69) is 15.2 Å². The molecule has 0 aliphatic carbocycles. The van der Waals surface area contributed by atoms with Crippen molar-refractivity contribution in [3.05, 3.63) is 24.5 Å². The number of amides is 4. The van der Waals surface area contributed by atoms with Gasteiger partial charge in [0, 0.05) is 45.3 Å². The van der Waals surface area contributed by atoms with Crippen molar-refractivity contribution in [2.24, 2.45) is 0 Å². The first-order valence-electron chi connectivity index (χ1n) is 10.0. The van der Waals surface area contributed by atoms with Crippen LogP contribution in [0.25, 0.3) is 5.65 Å². The number of rotatable bonds is 2. The van der Waals surface area contributed by atoms with Gasteiger partial charge in [0.05, 0.1) is 11.9 Å². The van der Waals surface area contributed by atoms with E-state index in [-0.39, 0.29) is 18.4 Å². The summed E-state index contributed by atoms with van der Waals surface area (Å²) < 4.78 is 7.31. The lowest BCUT2D eigenvalue weighted by atomic mass is 10.2. The van der Waals surface area contributed by atoms with Gasteiger partial charge in [-0.3, -0.25) is 19.4 Å². The highest BCUT2D eigenvalue weighted by Crippen LogP contribution is 2.24. The van der Waals surface area contributed by atoms with E-state index in [1.165, 1.54) is 4.90 Å². The molecule has 2 aromatic rings. The summed E-state index contributed by atoms with van der Waals surface area (Å²) in [5.41, 5.74) is 1.17. The van der Waals surface area contributed by atoms with Crippen molar-refractivity contribution in [1.82, 2.24) is 19.6 Å². The third-order valence-corrected chi connectivity index (χ3v) is 5.10. The average molecular weight is 414 g/mol. The maximum Gasteiger partial charge on any atom is 0.410 e. The van der Waals surface area contributed by atoms with Crippen molar-refractivity contribution in [3.8, 4) is 0 Å². The molecule has 0 atom stereocenters. The maximum absolute atomic E-state index is 12.3. The van der Waals surface area contributed by atoms with Gasteiger partial charge in [-0.05, 0) is 32.9 Å². The third-order valence-electron chi connectivity index (χ3n) is 5.10. The minimum Gasteiger partial charge on any atom is -0.444 e. The topological polar surface area (TPSA) is 99.5 Å². The van der Waals surface area contributed by atoms with Gasteiger partial charge in [-0.25, -0.2) is 14.6 Å². The number of imidazole rings is 1. The third kappa shape index (κ3) is 4.03. The summed E-state index contributed by atoms with van der Waals surface area (Å²) >= 11 is 0. The predicted octanol–water partition coefficient (Wildman–Crippen LogP) is 1.84. The second kappa shape index (κ2) is 7.51. The van der Waals surface area contributed by atoms with E-state index < -0.39 is 11.6 Å². The number of fused-ring (bicyclic) bond motifs is 1. The van der Waals surface area contributed by atoms with Crippen LogP contribution in [0.4, 0.5) is 21.1 Å². The van der Waals surface area contributed by atoms with Gasteiger partial charge in [-0.1, -0.05) is 0 Å². The van der Waals surface area contributed by atoms with Gasteiger partial charge in [-0.2, -0.15) is 0 Å². The first-order valence-corrected chi connectivity index (χ1v) is 10.0. The number of imide groups is 1. The van der Waals surface area contributed by atoms with Crippen molar-refractivity contribution in [3.63, 3.8) is 0 Å². The zero-order valence-corrected chi connectivity index (χ0v) is 17.4. The van der Waals surface area contributed by atoms with Crippen LogP contribution in [-0.4, -0.2) is 70.6 Å². The van der Waals surface area contributed by atoms with E-state index in [0.29, 0.717) is 44.2 Å². The fourth-order valence-corrected chi connectivity index (χ4v) is 3.60. The number of nitrogens with zero attached hydrogens (tertiary/aromatic N) is 5. The van der Waals surface area contributed by atoms with Crippen LogP contribution >= 0.6 is 0 Å². The number of nitrogens with one attached hydrogen (secondary N) is 1. The molecule has 1 N–H and O–H groups in total. The molecule has 2 aromatic heterocycles. The van der Waals surface area contributed by atoms with Gasteiger partial charge >= 0.3 is 12.1 Å². The number of pyridine rings is 1. The quantitative estimate of drug-likeness (QED) is 0.805. The van der Waals surface area contributed by atoms with Crippen LogP contribution in [0.15, 0.2) is 24.5 Å². The molecule has 2 saturated heterocycles. The van der Waals surface area contributed by atoms with E-state index in [1.54, 1.807) is 11.1 Å². The standard InChI is InChI=1S/C20H26N6O4/c1-20(2,3)30-19(29)24-10-8-23(9-11-24)14-4-5-15-21-12-17(26(15)13-14)25-7-6-16(27)22-18(25)28/h4-5,12-13H,6-11H2,1-3H3,(H,22,27,28). The second-order valence-corrected chi connectivity index (χ2v) is 8.44. The van der Waals surface area contributed by atoms with E-state index in [9.17, 15) is 14.4 Å². The summed E-state index contributed by atoms with van der Waals surface area (Å²) in [5.74, 6) is 0.345. The predicted molar refractivity (Wildman–Crippen MR) is 111 cm³/mol. The number of carbonyl (C=O) groups excluding carboxylic acids is 3. The van der Waals surface area contributed by atoms with E-state index in [1.807, 2.05) is 43.5 Å². The lowest BCUT2D eigenvalue weighted by Gasteiger charge is -2.36. The van der Waals surface area contributed by atoms with Gasteiger partial charge in [0.25, 0.3) is 0 Å². The molecular formula is C20H26N6O4. The van der Waals surface area contributed by atoms with E-state index in [0.717, 1.165) is 5.69 Å². The average Bonchev–Trinajstić information content (AvgIpc) is 3.10. The Bertz CT molecular complexity index is 987. The molecule has 0 spiro atoms. The highest BCUT2D eigenvalue weighted by molar-refractivity contribution is 6.05. The Morgan fingerprint density at radius 3 is 2.50 bits per heavy atom. The van der Waals surface area contributed by atoms with Crippen LogP contribution in [0.5, 0.6) is 0 Å². The first-order chi connectivity index (χ1) is 14.2. The Balaban J connectivity index is 1.49. The fraction of sp³-hybridized carbons (Fsp3) is 0.500. The molecule has 0 saturated carbocycles. The minimum atomic E-state index is -0.511. The molecule has 2 fully saturated rings. The highest BCUT2D eigenvalue weighted by atomic mass is 16.6. The molecule has 10 nitrogen and oxygen atoms in total. The zero-order chi connectivity index (χ0) is 21.5. The Hall–Kier alpha value is -3.30. The molecule has 4 amide bonds. The summed E-state index contributed by atoms with van der Waals surface area (Å²) in [6, 6.07) is 3.44. The van der Waals surface area contributed by atoms with Crippen molar-refractivity contribution in [1.29, 1.82) is 0 Å². The van der Waals surface area contributed by atoms with Gasteiger partial charge < -0.3 is 14.5 Å². The molecule has 0 aromatic carbocycles. The van der Waals surface area contributed by atoms with Gasteiger partial charge in [0.2, 0.25) is 5.91 Å². The monoisotopic (exact) mass is 414 g/mol. The normalized spacial score (nSPS) is 18.0. The van der Waals surface area contributed by atoms with Gasteiger partial charge in [0.15, 0.2) is 0 Å². The number of carbonyl (C=O) groups is 3. The molecule has 0 unspecified atom stereocenters. The number of hydrogen-bond donors (Lipinski definition) is 1. The number of urea groups is 1. The van der Waals surface area contributed by atoms with Gasteiger partial charge in [0.1, 0.15) is 17.1 Å². The molecule has 160 valence electrons. The smallest absolute Gasteiger partial charge is 0.410 e. The second-order valence-electron chi connectivity index (χ2n) is 8.44. The maximum atomic E-state index is 12.3. The van der Waals surface area contributed by atoms with E-state index in [4.69, 9.17) is 4.74 Å². The Morgan fingerprint density at radius 2 is 1.83 bits per heavy atom. The minimum absolute atomic E-state index is 0.255. The molecule has 30 heavy (non-hydrogen) atoms. The Labute approximate surface area is 174 Å². The summed E-state index contributed by atoms with van der Waals surface area (Å²) in [6.07, 6.45) is 3.53. The van der Waals surface area contributed by atoms with E-state index >= 15 is 0 Å². The van der Waals surface area contributed by atoms with Crippen LogP contribution in [0.2, 0.25) is 0 Å². The zero-order valence-electron chi connectivity index (χ0n) is 17.4. The first kappa shape index (κ1) is 20.0. The molecule has 2 aliphatic heterocycles. The Morgan fingerprint density at radius 1 is 1.10 bits per heavy atom. The molecule has 4 heterocycles. The summed E-state index contributed by atoms with van der Waals surface area (Å²) in [7, 11) is 0. The van der Waals surface area contributed by atoms with Crippen LogP contribution in [-0.2, 0) is 9.53 Å². The van der Waals surface area contributed by atoms with Gasteiger partial charge in [-0.15, -0.1) is 0 Å². The van der Waals surface area contributed by atoms with Crippen molar-refractivity contribution in [2.75, 3.05) is 42.5 Å². The van der Waals surface area contributed by atoms with Crippen molar-refractivity contribution in [2.45, 2.75) is 32.8 Å². The molecule has 0 bridgehead atoms.